The van der Waals surface area contributed by atoms with Crippen LogP contribution >= 0.6 is 12.2 Å². The van der Waals surface area contributed by atoms with Crippen LogP contribution in [0.2, 0.25) is 0 Å². The first-order chi connectivity index (χ1) is 14.1. The Hall–Kier alpha value is -2.14. The number of aromatic nitrogens is 1. The maximum Gasteiger partial charge on any atom is 0.170 e. The van der Waals surface area contributed by atoms with Crippen molar-refractivity contribution in [1.29, 1.82) is 0 Å². The Labute approximate surface area is 180 Å². The Morgan fingerprint density at radius 1 is 1.14 bits per heavy atom. The summed E-state index contributed by atoms with van der Waals surface area (Å²) in [5.41, 5.74) is 2.56. The van der Waals surface area contributed by atoms with Gasteiger partial charge in [0.25, 0.3) is 0 Å². The second-order valence-electron chi connectivity index (χ2n) is 8.76. The van der Waals surface area contributed by atoms with Crippen LogP contribution in [0, 0.1) is 5.92 Å². The van der Waals surface area contributed by atoms with Gasteiger partial charge in [-0.05, 0) is 61.5 Å². The van der Waals surface area contributed by atoms with E-state index in [1.807, 2.05) is 6.20 Å². The van der Waals surface area contributed by atoms with Gasteiger partial charge in [0.2, 0.25) is 0 Å². The molecule has 1 atom stereocenters. The van der Waals surface area contributed by atoms with Gasteiger partial charge in [0.05, 0.1) is 11.9 Å². The molecule has 29 heavy (non-hydrogen) atoms. The number of hydrogen-bond donors (Lipinski definition) is 2. The van der Waals surface area contributed by atoms with Crippen molar-refractivity contribution in [1.82, 2.24) is 10.3 Å². The maximum atomic E-state index is 5.58. The zero-order chi connectivity index (χ0) is 20.1. The molecular weight excluding hydrogens is 376 g/mol. The lowest BCUT2D eigenvalue weighted by atomic mass is 9.79. The van der Waals surface area contributed by atoms with Gasteiger partial charge in [-0.3, -0.25) is 0 Å². The third kappa shape index (κ3) is 4.89. The third-order valence-electron chi connectivity index (χ3n) is 6.52. The largest absolute Gasteiger partial charge is 0.362 e. The van der Waals surface area contributed by atoms with Crippen LogP contribution in [0.15, 0.2) is 48.7 Å². The molecule has 2 fully saturated rings. The first kappa shape index (κ1) is 20.1. The molecule has 5 heteroatoms. The standard InChI is InChI=1S/C24H32N4S/c1-19-8-7-15-28(17-19)22-12-11-21(16-25-22)27-23(29)26-18-24(13-5-6-14-24)20-9-3-2-4-10-20/h2-4,9-12,16,19H,5-8,13-15,17-18H2,1H3,(H2,26,27,29). The smallest absolute Gasteiger partial charge is 0.170 e. The van der Waals surface area contributed by atoms with E-state index in [1.54, 1.807) is 0 Å². The van der Waals surface area contributed by atoms with Crippen molar-refractivity contribution in [2.75, 3.05) is 29.9 Å². The summed E-state index contributed by atoms with van der Waals surface area (Å²) in [4.78, 5) is 7.05. The summed E-state index contributed by atoms with van der Waals surface area (Å²) >= 11 is 5.58. The Bertz CT molecular complexity index is 799. The number of hydrogen-bond acceptors (Lipinski definition) is 3. The summed E-state index contributed by atoms with van der Waals surface area (Å²) in [6, 6.07) is 15.1. The predicted octanol–water partition coefficient (Wildman–Crippen LogP) is 5.12. The molecule has 1 unspecified atom stereocenters. The lowest BCUT2D eigenvalue weighted by Gasteiger charge is -2.32. The molecule has 1 aliphatic heterocycles. The minimum absolute atomic E-state index is 0.195. The molecular formula is C24H32N4S. The second kappa shape index (κ2) is 9.12. The number of thiocarbonyl (C=S) groups is 1. The van der Waals surface area contributed by atoms with Crippen LogP contribution in [-0.2, 0) is 5.41 Å². The number of nitrogens with one attached hydrogen (secondary N) is 2. The highest BCUT2D eigenvalue weighted by molar-refractivity contribution is 7.80. The minimum Gasteiger partial charge on any atom is -0.362 e. The van der Waals surface area contributed by atoms with E-state index >= 15 is 0 Å². The van der Waals surface area contributed by atoms with Gasteiger partial charge < -0.3 is 15.5 Å². The van der Waals surface area contributed by atoms with Gasteiger partial charge in [-0.1, -0.05) is 50.1 Å². The summed E-state index contributed by atoms with van der Waals surface area (Å²) in [6.45, 7) is 5.39. The second-order valence-corrected chi connectivity index (χ2v) is 9.17. The molecule has 4 rings (SSSR count). The van der Waals surface area contributed by atoms with Crippen molar-refractivity contribution < 1.29 is 0 Å². The number of piperidine rings is 1. The highest BCUT2D eigenvalue weighted by Crippen LogP contribution is 2.40. The van der Waals surface area contributed by atoms with E-state index in [-0.39, 0.29) is 5.41 Å². The van der Waals surface area contributed by atoms with Crippen LogP contribution in [0.3, 0.4) is 0 Å². The molecule has 0 radical (unpaired) electrons. The molecule has 2 aliphatic rings. The SMILES string of the molecule is CC1CCCN(c2ccc(NC(=S)NCC3(c4ccccc4)CCCC3)cn2)C1. The van der Waals surface area contributed by atoms with Crippen molar-refractivity contribution in [3.8, 4) is 0 Å². The average Bonchev–Trinajstić information content (AvgIpc) is 3.24. The van der Waals surface area contributed by atoms with Gasteiger partial charge in [0.1, 0.15) is 5.82 Å². The Balaban J connectivity index is 1.33. The van der Waals surface area contributed by atoms with Crippen LogP contribution in [0.25, 0.3) is 0 Å². The number of rotatable bonds is 5. The molecule has 2 heterocycles. The van der Waals surface area contributed by atoms with Crippen LogP contribution < -0.4 is 15.5 Å². The Morgan fingerprint density at radius 2 is 1.93 bits per heavy atom. The van der Waals surface area contributed by atoms with Gasteiger partial charge in [0, 0.05) is 25.0 Å². The fraction of sp³-hybridized carbons (Fsp3) is 0.500. The minimum atomic E-state index is 0.195. The van der Waals surface area contributed by atoms with E-state index in [0.717, 1.165) is 37.1 Å². The van der Waals surface area contributed by atoms with Crippen LogP contribution in [-0.4, -0.2) is 29.7 Å². The molecule has 1 aliphatic carbocycles. The van der Waals surface area contributed by atoms with E-state index in [4.69, 9.17) is 12.2 Å². The number of nitrogens with zero attached hydrogens (tertiary/aromatic N) is 2. The van der Waals surface area contributed by atoms with Gasteiger partial charge in [0.15, 0.2) is 5.11 Å². The molecule has 1 aromatic heterocycles. The first-order valence-corrected chi connectivity index (χ1v) is 11.4. The first-order valence-electron chi connectivity index (χ1n) is 11.0. The molecule has 2 aromatic rings. The molecule has 0 amide bonds. The van der Waals surface area contributed by atoms with Gasteiger partial charge >= 0.3 is 0 Å². The van der Waals surface area contributed by atoms with E-state index in [2.05, 4.69) is 69.9 Å². The zero-order valence-corrected chi connectivity index (χ0v) is 18.2. The van der Waals surface area contributed by atoms with E-state index in [0.29, 0.717) is 5.11 Å². The van der Waals surface area contributed by atoms with Crippen molar-refractivity contribution in [2.24, 2.45) is 5.92 Å². The molecule has 154 valence electrons. The number of benzene rings is 1. The van der Waals surface area contributed by atoms with E-state index < -0.39 is 0 Å². The Kier molecular flexibility index (Phi) is 6.34. The summed E-state index contributed by atoms with van der Waals surface area (Å²) in [5, 5.41) is 7.47. The summed E-state index contributed by atoms with van der Waals surface area (Å²) in [6.07, 6.45) is 9.48. The highest BCUT2D eigenvalue weighted by Gasteiger charge is 2.35. The Morgan fingerprint density at radius 3 is 2.62 bits per heavy atom. The molecule has 1 aromatic carbocycles. The monoisotopic (exact) mass is 408 g/mol. The van der Waals surface area contributed by atoms with Gasteiger partial charge in [-0.25, -0.2) is 4.98 Å². The van der Waals surface area contributed by atoms with E-state index in [9.17, 15) is 0 Å². The fourth-order valence-corrected chi connectivity index (χ4v) is 5.07. The summed E-state index contributed by atoms with van der Waals surface area (Å²) in [7, 11) is 0. The highest BCUT2D eigenvalue weighted by atomic mass is 32.1. The topological polar surface area (TPSA) is 40.2 Å². The van der Waals surface area contributed by atoms with Crippen LogP contribution in [0.5, 0.6) is 0 Å². The average molecular weight is 409 g/mol. The normalized spacial score (nSPS) is 21.0. The number of anilines is 2. The van der Waals surface area contributed by atoms with Crippen LogP contribution in [0.4, 0.5) is 11.5 Å². The summed E-state index contributed by atoms with van der Waals surface area (Å²) < 4.78 is 0. The fourth-order valence-electron chi connectivity index (χ4n) is 4.88. The summed E-state index contributed by atoms with van der Waals surface area (Å²) in [5.74, 6) is 1.81. The maximum absolute atomic E-state index is 5.58. The lowest BCUT2D eigenvalue weighted by Crippen LogP contribution is -2.40. The number of pyridine rings is 1. The third-order valence-corrected chi connectivity index (χ3v) is 6.77. The molecule has 0 spiro atoms. The van der Waals surface area contributed by atoms with Crippen molar-refractivity contribution in [3.05, 3.63) is 54.2 Å². The van der Waals surface area contributed by atoms with Crippen molar-refractivity contribution >= 4 is 28.8 Å². The molecule has 4 nitrogen and oxygen atoms in total. The molecule has 1 saturated heterocycles. The molecule has 1 saturated carbocycles. The van der Waals surface area contributed by atoms with Crippen LogP contribution in [0.1, 0.15) is 51.0 Å². The van der Waals surface area contributed by atoms with Crippen molar-refractivity contribution in [3.63, 3.8) is 0 Å². The molecule has 2 N–H and O–H groups in total. The predicted molar refractivity (Wildman–Crippen MR) is 126 cm³/mol. The lowest BCUT2D eigenvalue weighted by molar-refractivity contribution is 0.435. The van der Waals surface area contributed by atoms with Gasteiger partial charge in [-0.15, -0.1) is 0 Å². The quantitative estimate of drug-likeness (QED) is 0.672. The van der Waals surface area contributed by atoms with Crippen molar-refractivity contribution in [2.45, 2.75) is 50.9 Å². The van der Waals surface area contributed by atoms with E-state index in [1.165, 1.54) is 44.1 Å². The zero-order valence-electron chi connectivity index (χ0n) is 17.4. The molecule has 0 bridgehead atoms. The van der Waals surface area contributed by atoms with Gasteiger partial charge in [-0.2, -0.15) is 0 Å².